The summed E-state index contributed by atoms with van der Waals surface area (Å²) in [5.41, 5.74) is 2.04. The smallest absolute Gasteiger partial charge is 0.174 e. The number of thiocarbonyl (C=S) groups is 1. The fourth-order valence-corrected chi connectivity index (χ4v) is 3.67. The van der Waals surface area contributed by atoms with Crippen LogP contribution in [-0.4, -0.2) is 48.2 Å². The van der Waals surface area contributed by atoms with Gasteiger partial charge >= 0.3 is 0 Å². The molecule has 0 unspecified atom stereocenters. The number of nitrogens with zero attached hydrogens (tertiary/aromatic N) is 2. The average molecular weight is 374 g/mol. The van der Waals surface area contributed by atoms with Gasteiger partial charge in [-0.25, -0.2) is 0 Å². The zero-order valence-corrected chi connectivity index (χ0v) is 16.5. The molecule has 0 saturated carbocycles. The molecule has 0 aliphatic carbocycles. The van der Waals surface area contributed by atoms with Crippen molar-refractivity contribution in [1.82, 2.24) is 9.80 Å². The van der Waals surface area contributed by atoms with E-state index in [1.807, 2.05) is 37.3 Å². The molecule has 0 radical (unpaired) electrons. The van der Waals surface area contributed by atoms with Gasteiger partial charge in [0.1, 0.15) is 11.5 Å². The molecule has 1 aromatic carbocycles. The SMILES string of the molecule is COc1cc(NC(=S)N(Cc2ccco2)C2CCN(C)CC2)ccc1C. The first-order valence-corrected chi connectivity index (χ1v) is 9.41. The Labute approximate surface area is 160 Å². The fourth-order valence-electron chi connectivity index (χ4n) is 3.34. The van der Waals surface area contributed by atoms with E-state index in [1.165, 1.54) is 0 Å². The monoisotopic (exact) mass is 373 g/mol. The lowest BCUT2D eigenvalue weighted by Gasteiger charge is -2.38. The predicted octanol–water partition coefficient (Wildman–Crippen LogP) is 3.89. The van der Waals surface area contributed by atoms with Crippen molar-refractivity contribution in [3.05, 3.63) is 47.9 Å². The number of ether oxygens (including phenoxy) is 1. The Morgan fingerprint density at radius 2 is 2.12 bits per heavy atom. The maximum atomic E-state index is 5.77. The lowest BCUT2D eigenvalue weighted by Crippen LogP contribution is -2.47. The number of hydrogen-bond donors (Lipinski definition) is 1. The summed E-state index contributed by atoms with van der Waals surface area (Å²) in [5, 5.41) is 4.11. The first-order valence-electron chi connectivity index (χ1n) is 9.00. The van der Waals surface area contributed by atoms with E-state index in [1.54, 1.807) is 13.4 Å². The molecule has 6 heteroatoms. The highest BCUT2D eigenvalue weighted by Gasteiger charge is 2.26. The Morgan fingerprint density at radius 1 is 1.35 bits per heavy atom. The number of rotatable bonds is 5. The molecule has 1 aliphatic rings. The summed E-state index contributed by atoms with van der Waals surface area (Å²) >= 11 is 5.77. The summed E-state index contributed by atoms with van der Waals surface area (Å²) in [5.74, 6) is 1.78. The van der Waals surface area contributed by atoms with Crippen LogP contribution in [0.15, 0.2) is 41.0 Å². The van der Waals surface area contributed by atoms with Gasteiger partial charge in [-0.05, 0) is 75.9 Å². The van der Waals surface area contributed by atoms with Gasteiger partial charge in [-0.2, -0.15) is 0 Å². The number of piperidine rings is 1. The molecule has 0 amide bonds. The zero-order chi connectivity index (χ0) is 18.5. The molecular formula is C20H27N3O2S. The minimum absolute atomic E-state index is 0.406. The number of nitrogens with one attached hydrogen (secondary N) is 1. The molecule has 5 nitrogen and oxygen atoms in total. The van der Waals surface area contributed by atoms with Gasteiger partial charge in [0.05, 0.1) is 19.9 Å². The van der Waals surface area contributed by atoms with Gasteiger partial charge in [-0.3, -0.25) is 0 Å². The molecule has 1 N–H and O–H groups in total. The summed E-state index contributed by atoms with van der Waals surface area (Å²) in [6, 6.07) is 10.4. The molecule has 1 aromatic heterocycles. The molecule has 0 spiro atoms. The second-order valence-corrected chi connectivity index (χ2v) is 7.24. The summed E-state index contributed by atoms with van der Waals surface area (Å²) in [6.45, 7) is 4.87. The van der Waals surface area contributed by atoms with Gasteiger partial charge in [0, 0.05) is 17.8 Å². The summed E-state index contributed by atoms with van der Waals surface area (Å²) in [7, 11) is 3.86. The Kier molecular flexibility index (Phi) is 6.16. The van der Waals surface area contributed by atoms with Crippen molar-refractivity contribution < 1.29 is 9.15 Å². The number of anilines is 1. The van der Waals surface area contributed by atoms with Crippen molar-refractivity contribution in [3.63, 3.8) is 0 Å². The third-order valence-electron chi connectivity index (χ3n) is 4.96. The van der Waals surface area contributed by atoms with Crippen LogP contribution in [0, 0.1) is 6.92 Å². The number of furan rings is 1. The minimum atomic E-state index is 0.406. The first-order chi connectivity index (χ1) is 12.6. The van der Waals surface area contributed by atoms with Gasteiger partial charge in [0.2, 0.25) is 0 Å². The Bertz CT molecular complexity index is 725. The van der Waals surface area contributed by atoms with E-state index < -0.39 is 0 Å². The van der Waals surface area contributed by atoms with E-state index in [2.05, 4.69) is 22.2 Å². The highest BCUT2D eigenvalue weighted by atomic mass is 32.1. The van der Waals surface area contributed by atoms with Crippen molar-refractivity contribution >= 4 is 23.0 Å². The number of aryl methyl sites for hydroxylation is 1. The quantitative estimate of drug-likeness (QED) is 0.802. The van der Waals surface area contributed by atoms with E-state index in [0.29, 0.717) is 12.6 Å². The van der Waals surface area contributed by atoms with Gasteiger partial charge in [-0.1, -0.05) is 6.07 Å². The standard InChI is InChI=1S/C20H27N3O2S/c1-15-6-7-16(13-19(15)24-3)21-20(26)23(14-18-5-4-12-25-18)17-8-10-22(2)11-9-17/h4-7,12-13,17H,8-11,14H2,1-3H3,(H,21,26). The first kappa shape index (κ1) is 18.7. The predicted molar refractivity (Wildman–Crippen MR) is 109 cm³/mol. The lowest BCUT2D eigenvalue weighted by molar-refractivity contribution is 0.168. The van der Waals surface area contributed by atoms with Crippen LogP contribution in [-0.2, 0) is 6.54 Å². The molecule has 1 saturated heterocycles. The van der Waals surface area contributed by atoms with Crippen molar-refractivity contribution in [3.8, 4) is 5.75 Å². The van der Waals surface area contributed by atoms with Crippen LogP contribution < -0.4 is 10.1 Å². The molecule has 0 bridgehead atoms. The van der Waals surface area contributed by atoms with Crippen LogP contribution >= 0.6 is 12.2 Å². The van der Waals surface area contributed by atoms with Gasteiger partial charge in [-0.15, -0.1) is 0 Å². The van der Waals surface area contributed by atoms with Crippen molar-refractivity contribution in [1.29, 1.82) is 0 Å². The topological polar surface area (TPSA) is 40.9 Å². The van der Waals surface area contributed by atoms with Crippen LogP contribution in [0.5, 0.6) is 5.75 Å². The second kappa shape index (κ2) is 8.56. The molecule has 0 atom stereocenters. The van der Waals surface area contributed by atoms with Crippen molar-refractivity contribution in [2.45, 2.75) is 32.4 Å². The molecule has 140 valence electrons. The average Bonchev–Trinajstić information content (AvgIpc) is 3.15. The number of likely N-dealkylation sites (tertiary alicyclic amines) is 1. The summed E-state index contributed by atoms with van der Waals surface area (Å²) in [4.78, 5) is 4.62. The van der Waals surface area contributed by atoms with Crippen LogP contribution in [0.3, 0.4) is 0 Å². The highest BCUT2D eigenvalue weighted by molar-refractivity contribution is 7.80. The third-order valence-corrected chi connectivity index (χ3v) is 5.29. The molecule has 2 heterocycles. The molecule has 2 aromatic rings. The lowest BCUT2D eigenvalue weighted by atomic mass is 10.0. The van der Waals surface area contributed by atoms with Crippen LogP contribution in [0.25, 0.3) is 0 Å². The van der Waals surface area contributed by atoms with E-state index in [-0.39, 0.29) is 0 Å². The van der Waals surface area contributed by atoms with Crippen LogP contribution in [0.4, 0.5) is 5.69 Å². The maximum absolute atomic E-state index is 5.77. The maximum Gasteiger partial charge on any atom is 0.174 e. The summed E-state index contributed by atoms with van der Waals surface area (Å²) < 4.78 is 11.0. The highest BCUT2D eigenvalue weighted by Crippen LogP contribution is 2.24. The Hall–Kier alpha value is -2.05. The largest absolute Gasteiger partial charge is 0.496 e. The number of methoxy groups -OCH3 is 1. The van der Waals surface area contributed by atoms with Gasteiger partial charge in [0.25, 0.3) is 0 Å². The number of hydrogen-bond acceptors (Lipinski definition) is 4. The second-order valence-electron chi connectivity index (χ2n) is 6.86. The van der Waals surface area contributed by atoms with E-state index in [4.69, 9.17) is 21.4 Å². The fraction of sp³-hybridized carbons (Fsp3) is 0.450. The third kappa shape index (κ3) is 4.56. The molecule has 26 heavy (non-hydrogen) atoms. The van der Waals surface area contributed by atoms with E-state index in [0.717, 1.165) is 53.8 Å². The molecule has 1 fully saturated rings. The number of benzene rings is 1. The van der Waals surface area contributed by atoms with Crippen LogP contribution in [0.2, 0.25) is 0 Å². The Balaban J connectivity index is 1.75. The molecular weight excluding hydrogens is 346 g/mol. The zero-order valence-electron chi connectivity index (χ0n) is 15.7. The van der Waals surface area contributed by atoms with E-state index in [9.17, 15) is 0 Å². The van der Waals surface area contributed by atoms with E-state index >= 15 is 0 Å². The normalized spacial score (nSPS) is 15.7. The molecule has 1 aliphatic heterocycles. The summed E-state index contributed by atoms with van der Waals surface area (Å²) in [6.07, 6.45) is 3.90. The van der Waals surface area contributed by atoms with Crippen molar-refractivity contribution in [2.24, 2.45) is 0 Å². The molecule has 3 rings (SSSR count). The van der Waals surface area contributed by atoms with Gasteiger partial charge in [0.15, 0.2) is 5.11 Å². The Morgan fingerprint density at radius 3 is 2.77 bits per heavy atom. The minimum Gasteiger partial charge on any atom is -0.496 e. The van der Waals surface area contributed by atoms with Crippen LogP contribution in [0.1, 0.15) is 24.2 Å². The van der Waals surface area contributed by atoms with Crippen molar-refractivity contribution in [2.75, 3.05) is 32.6 Å². The van der Waals surface area contributed by atoms with Gasteiger partial charge < -0.3 is 24.3 Å².